The number of amides is 2. The molecule has 3 N–H and O–H groups in total. The Morgan fingerprint density at radius 2 is 1.57 bits per heavy atom. The SMILES string of the molecule is O=C(NC[C@@H](O)c1c(F)cccc1F)C(=O)Nc1ccccc1. The van der Waals surface area contributed by atoms with Gasteiger partial charge in [-0.05, 0) is 24.3 Å². The van der Waals surface area contributed by atoms with Crippen molar-refractivity contribution >= 4 is 17.5 Å². The molecule has 0 spiro atoms. The summed E-state index contributed by atoms with van der Waals surface area (Å²) in [5, 5.41) is 14.2. The van der Waals surface area contributed by atoms with Crippen molar-refractivity contribution in [2.24, 2.45) is 0 Å². The first-order chi connectivity index (χ1) is 11.0. The largest absolute Gasteiger partial charge is 0.386 e. The van der Waals surface area contributed by atoms with Crippen LogP contribution in [0.4, 0.5) is 14.5 Å². The van der Waals surface area contributed by atoms with E-state index in [0.29, 0.717) is 5.69 Å². The second-order valence-corrected chi connectivity index (χ2v) is 4.68. The smallest absolute Gasteiger partial charge is 0.313 e. The number of hydrogen-bond donors (Lipinski definition) is 3. The van der Waals surface area contributed by atoms with Crippen molar-refractivity contribution in [2.75, 3.05) is 11.9 Å². The van der Waals surface area contributed by atoms with Crippen LogP contribution in [-0.2, 0) is 9.59 Å². The van der Waals surface area contributed by atoms with Crippen molar-refractivity contribution in [3.05, 3.63) is 65.7 Å². The van der Waals surface area contributed by atoms with Gasteiger partial charge in [0.05, 0.1) is 5.56 Å². The molecule has 0 aliphatic heterocycles. The Hall–Kier alpha value is -2.80. The van der Waals surface area contributed by atoms with E-state index in [-0.39, 0.29) is 0 Å². The Kier molecular flexibility index (Phi) is 5.37. The van der Waals surface area contributed by atoms with Crippen molar-refractivity contribution in [1.29, 1.82) is 0 Å². The molecule has 2 rings (SSSR count). The summed E-state index contributed by atoms with van der Waals surface area (Å²) < 4.78 is 27.0. The van der Waals surface area contributed by atoms with Crippen molar-refractivity contribution in [3.63, 3.8) is 0 Å². The molecule has 0 aliphatic rings. The van der Waals surface area contributed by atoms with E-state index in [1.54, 1.807) is 30.3 Å². The van der Waals surface area contributed by atoms with Crippen molar-refractivity contribution in [2.45, 2.75) is 6.10 Å². The van der Waals surface area contributed by atoms with Gasteiger partial charge in [-0.1, -0.05) is 24.3 Å². The minimum Gasteiger partial charge on any atom is -0.386 e. The number of para-hydroxylation sites is 1. The zero-order chi connectivity index (χ0) is 16.8. The molecule has 7 heteroatoms. The standard InChI is InChI=1S/C16H14F2N2O3/c17-11-7-4-8-12(18)14(11)13(21)9-19-15(22)16(23)20-10-5-2-1-3-6-10/h1-8,13,21H,9H2,(H,19,22)(H,20,23)/t13-/m1/s1. The number of nitrogens with one attached hydrogen (secondary N) is 2. The number of benzene rings is 2. The summed E-state index contributed by atoms with van der Waals surface area (Å²) in [7, 11) is 0. The highest BCUT2D eigenvalue weighted by molar-refractivity contribution is 6.39. The lowest BCUT2D eigenvalue weighted by Gasteiger charge is -2.13. The maximum atomic E-state index is 13.5. The molecule has 0 saturated heterocycles. The van der Waals surface area contributed by atoms with Gasteiger partial charge in [0.15, 0.2) is 0 Å². The van der Waals surface area contributed by atoms with Gasteiger partial charge >= 0.3 is 11.8 Å². The van der Waals surface area contributed by atoms with Crippen LogP contribution in [0.1, 0.15) is 11.7 Å². The Balaban J connectivity index is 1.92. The number of halogens is 2. The number of aliphatic hydroxyl groups excluding tert-OH is 1. The van der Waals surface area contributed by atoms with E-state index in [0.717, 1.165) is 18.2 Å². The molecule has 0 bridgehead atoms. The Morgan fingerprint density at radius 1 is 0.957 bits per heavy atom. The molecule has 0 radical (unpaired) electrons. The Bertz CT molecular complexity index is 687. The van der Waals surface area contributed by atoms with E-state index in [1.807, 2.05) is 0 Å². The highest BCUT2D eigenvalue weighted by atomic mass is 19.1. The number of hydrogen-bond acceptors (Lipinski definition) is 3. The van der Waals surface area contributed by atoms with Gasteiger partial charge in [-0.15, -0.1) is 0 Å². The van der Waals surface area contributed by atoms with E-state index in [9.17, 15) is 23.5 Å². The van der Waals surface area contributed by atoms with Crippen LogP contribution in [0.5, 0.6) is 0 Å². The molecule has 120 valence electrons. The third kappa shape index (κ3) is 4.33. The quantitative estimate of drug-likeness (QED) is 0.751. The topological polar surface area (TPSA) is 78.4 Å². The van der Waals surface area contributed by atoms with Crippen LogP contribution in [0.2, 0.25) is 0 Å². The zero-order valence-corrected chi connectivity index (χ0v) is 11.9. The highest BCUT2D eigenvalue weighted by Gasteiger charge is 2.20. The fourth-order valence-electron chi connectivity index (χ4n) is 1.91. The highest BCUT2D eigenvalue weighted by Crippen LogP contribution is 2.19. The van der Waals surface area contributed by atoms with Gasteiger partial charge in [0.1, 0.15) is 17.7 Å². The van der Waals surface area contributed by atoms with E-state index in [2.05, 4.69) is 10.6 Å². The van der Waals surface area contributed by atoms with E-state index in [1.165, 1.54) is 0 Å². The van der Waals surface area contributed by atoms with Gasteiger partial charge in [-0.2, -0.15) is 0 Å². The van der Waals surface area contributed by atoms with Gasteiger partial charge < -0.3 is 15.7 Å². The minimum atomic E-state index is -1.61. The van der Waals surface area contributed by atoms with Crippen LogP contribution in [0, 0.1) is 11.6 Å². The fraction of sp³-hybridized carbons (Fsp3) is 0.125. The van der Waals surface area contributed by atoms with Crippen molar-refractivity contribution in [3.8, 4) is 0 Å². The molecular formula is C16H14F2N2O3. The molecule has 1 atom stereocenters. The number of rotatable bonds is 4. The van der Waals surface area contributed by atoms with E-state index in [4.69, 9.17) is 0 Å². The van der Waals surface area contributed by atoms with Crippen LogP contribution in [0.3, 0.4) is 0 Å². The molecule has 2 aromatic carbocycles. The van der Waals surface area contributed by atoms with E-state index >= 15 is 0 Å². The van der Waals surface area contributed by atoms with Gasteiger partial charge in [0, 0.05) is 12.2 Å². The number of carbonyl (C=O) groups excluding carboxylic acids is 2. The molecule has 0 fully saturated rings. The maximum Gasteiger partial charge on any atom is 0.313 e. The van der Waals surface area contributed by atoms with Crippen LogP contribution in [0.15, 0.2) is 48.5 Å². The summed E-state index contributed by atoms with van der Waals surface area (Å²) in [5.41, 5.74) is -0.135. The zero-order valence-electron chi connectivity index (χ0n) is 11.9. The monoisotopic (exact) mass is 320 g/mol. The number of aliphatic hydroxyl groups is 1. The average Bonchev–Trinajstić information content (AvgIpc) is 2.53. The molecular weight excluding hydrogens is 306 g/mol. The lowest BCUT2D eigenvalue weighted by molar-refractivity contribution is -0.136. The second-order valence-electron chi connectivity index (χ2n) is 4.68. The molecule has 0 aliphatic carbocycles. The summed E-state index contributed by atoms with van der Waals surface area (Å²) >= 11 is 0. The molecule has 2 aromatic rings. The molecule has 5 nitrogen and oxygen atoms in total. The molecule has 2 amide bonds. The molecule has 0 heterocycles. The minimum absolute atomic E-state index is 0.424. The third-order valence-electron chi connectivity index (χ3n) is 3.03. The van der Waals surface area contributed by atoms with Crippen LogP contribution in [-0.4, -0.2) is 23.5 Å². The summed E-state index contributed by atoms with van der Waals surface area (Å²) in [6.07, 6.45) is -1.61. The van der Waals surface area contributed by atoms with Crippen molar-refractivity contribution < 1.29 is 23.5 Å². The van der Waals surface area contributed by atoms with Crippen LogP contribution in [0.25, 0.3) is 0 Å². The fourth-order valence-corrected chi connectivity index (χ4v) is 1.91. The summed E-state index contributed by atoms with van der Waals surface area (Å²) in [6.45, 7) is -0.501. The van der Waals surface area contributed by atoms with Crippen molar-refractivity contribution in [1.82, 2.24) is 5.32 Å². The van der Waals surface area contributed by atoms with Crippen LogP contribution >= 0.6 is 0 Å². The van der Waals surface area contributed by atoms with Crippen LogP contribution < -0.4 is 10.6 Å². The Morgan fingerprint density at radius 3 is 2.17 bits per heavy atom. The summed E-state index contributed by atoms with van der Waals surface area (Å²) in [6, 6.07) is 11.4. The number of carbonyl (C=O) groups is 2. The second kappa shape index (κ2) is 7.46. The van der Waals surface area contributed by atoms with Gasteiger partial charge in [-0.3, -0.25) is 9.59 Å². The first kappa shape index (κ1) is 16.6. The predicted octanol–water partition coefficient (Wildman–Crippen LogP) is 1.75. The normalized spacial score (nSPS) is 11.6. The van der Waals surface area contributed by atoms with Gasteiger partial charge in [-0.25, -0.2) is 8.78 Å². The molecule has 0 saturated carbocycles. The predicted molar refractivity (Wildman–Crippen MR) is 79.4 cm³/mol. The summed E-state index contributed by atoms with van der Waals surface area (Å²) in [5.74, 6) is -3.83. The number of anilines is 1. The molecule has 0 aromatic heterocycles. The van der Waals surface area contributed by atoms with Gasteiger partial charge in [0.25, 0.3) is 0 Å². The lowest BCUT2D eigenvalue weighted by Crippen LogP contribution is -2.37. The third-order valence-corrected chi connectivity index (χ3v) is 3.03. The van der Waals surface area contributed by atoms with E-state index < -0.39 is 41.7 Å². The average molecular weight is 320 g/mol. The molecule has 23 heavy (non-hydrogen) atoms. The first-order valence-electron chi connectivity index (χ1n) is 6.75. The Labute approximate surface area is 130 Å². The maximum absolute atomic E-state index is 13.5. The summed E-state index contributed by atoms with van der Waals surface area (Å²) in [4.78, 5) is 23.3. The van der Waals surface area contributed by atoms with Gasteiger partial charge in [0.2, 0.25) is 0 Å². The first-order valence-corrected chi connectivity index (χ1v) is 6.75. The lowest BCUT2D eigenvalue weighted by atomic mass is 10.1. The molecule has 0 unspecified atom stereocenters.